The molecule has 4 heteroatoms. The van der Waals surface area contributed by atoms with Crippen LogP contribution in [0.1, 0.15) is 38.6 Å². The van der Waals surface area contributed by atoms with Crippen molar-refractivity contribution in [2.45, 2.75) is 32.7 Å². The topological polar surface area (TPSA) is 29.9 Å². The van der Waals surface area contributed by atoms with E-state index in [1.165, 1.54) is 25.0 Å². The first kappa shape index (κ1) is 12.6. The zero-order valence-corrected chi connectivity index (χ0v) is 11.7. The fraction of sp³-hybridized carbons (Fsp3) is 0.533. The van der Waals surface area contributed by atoms with Crippen molar-refractivity contribution in [1.82, 2.24) is 14.9 Å². The number of nitrogens with zero attached hydrogens (tertiary/aromatic N) is 2. The van der Waals surface area contributed by atoms with Crippen LogP contribution in [0.25, 0.3) is 11.0 Å². The number of nitrogens with one attached hydrogen (secondary N) is 1. The van der Waals surface area contributed by atoms with Gasteiger partial charge in [-0.2, -0.15) is 0 Å². The molecule has 1 N–H and O–H groups in total. The summed E-state index contributed by atoms with van der Waals surface area (Å²) >= 11 is 0. The van der Waals surface area contributed by atoms with Crippen LogP contribution in [0, 0.1) is 11.2 Å². The summed E-state index contributed by atoms with van der Waals surface area (Å²) in [5.74, 6) is 0.776. The molecule has 1 unspecified atom stereocenters. The highest BCUT2D eigenvalue weighted by atomic mass is 19.1. The van der Waals surface area contributed by atoms with Gasteiger partial charge in [-0.1, -0.05) is 13.8 Å². The summed E-state index contributed by atoms with van der Waals surface area (Å²) in [6, 6.07) is 5.03. The Morgan fingerprint density at radius 1 is 1.42 bits per heavy atom. The number of aryl methyl sites for hydroxylation is 1. The minimum Gasteiger partial charge on any atom is -0.330 e. The van der Waals surface area contributed by atoms with E-state index in [1.54, 1.807) is 6.07 Å². The highest BCUT2D eigenvalue weighted by molar-refractivity contribution is 5.76. The monoisotopic (exact) mass is 261 g/mol. The fourth-order valence-corrected chi connectivity index (χ4v) is 3.10. The van der Waals surface area contributed by atoms with Gasteiger partial charge in [0.25, 0.3) is 0 Å². The number of aromatic nitrogens is 2. The smallest absolute Gasteiger partial charge is 0.127 e. The van der Waals surface area contributed by atoms with E-state index in [-0.39, 0.29) is 17.3 Å². The van der Waals surface area contributed by atoms with Gasteiger partial charge in [-0.25, -0.2) is 9.37 Å². The lowest BCUT2D eigenvalue weighted by Gasteiger charge is -2.38. The largest absolute Gasteiger partial charge is 0.330 e. The summed E-state index contributed by atoms with van der Waals surface area (Å²) in [5.41, 5.74) is 1.90. The lowest BCUT2D eigenvalue weighted by molar-refractivity contribution is 0.172. The van der Waals surface area contributed by atoms with E-state index < -0.39 is 0 Å². The van der Waals surface area contributed by atoms with Gasteiger partial charge >= 0.3 is 0 Å². The average molecular weight is 261 g/mol. The molecule has 0 saturated carbocycles. The molecule has 1 aromatic heterocycles. The Labute approximate surface area is 112 Å². The van der Waals surface area contributed by atoms with E-state index in [4.69, 9.17) is 0 Å². The molecular formula is C15H20FN3. The van der Waals surface area contributed by atoms with Crippen LogP contribution in [-0.2, 0) is 7.05 Å². The zero-order chi connectivity index (χ0) is 13.6. The maximum atomic E-state index is 13.3. The maximum Gasteiger partial charge on any atom is 0.127 e. The second-order valence-electron chi connectivity index (χ2n) is 6.14. The first-order chi connectivity index (χ1) is 8.99. The highest BCUT2D eigenvalue weighted by Crippen LogP contribution is 2.40. The van der Waals surface area contributed by atoms with Crippen LogP contribution >= 0.6 is 0 Å². The number of rotatable bonds is 1. The Hall–Kier alpha value is -1.42. The normalized spacial score (nSPS) is 22.8. The van der Waals surface area contributed by atoms with Crippen molar-refractivity contribution in [3.63, 3.8) is 0 Å². The predicted octanol–water partition coefficient (Wildman–Crippen LogP) is 3.16. The summed E-state index contributed by atoms with van der Waals surface area (Å²) in [6.45, 7) is 5.55. The van der Waals surface area contributed by atoms with Crippen LogP contribution in [0.3, 0.4) is 0 Å². The Kier molecular flexibility index (Phi) is 2.86. The minimum atomic E-state index is -0.229. The first-order valence-electron chi connectivity index (χ1n) is 6.84. The molecule has 1 fully saturated rings. The van der Waals surface area contributed by atoms with E-state index in [0.717, 1.165) is 23.4 Å². The number of fused-ring (bicyclic) bond motifs is 1. The van der Waals surface area contributed by atoms with E-state index in [2.05, 4.69) is 28.7 Å². The van der Waals surface area contributed by atoms with Crippen molar-refractivity contribution in [3.8, 4) is 0 Å². The molecule has 3 rings (SSSR count). The minimum absolute atomic E-state index is 0.173. The van der Waals surface area contributed by atoms with Gasteiger partial charge in [0.15, 0.2) is 0 Å². The van der Waals surface area contributed by atoms with Crippen molar-refractivity contribution in [2.24, 2.45) is 12.5 Å². The molecule has 19 heavy (non-hydrogen) atoms. The van der Waals surface area contributed by atoms with Gasteiger partial charge in [0.2, 0.25) is 0 Å². The van der Waals surface area contributed by atoms with Gasteiger partial charge < -0.3 is 9.88 Å². The van der Waals surface area contributed by atoms with Crippen LogP contribution in [0.15, 0.2) is 18.2 Å². The number of imidazole rings is 1. The Bertz CT molecular complexity index is 615. The van der Waals surface area contributed by atoms with Crippen molar-refractivity contribution in [1.29, 1.82) is 0 Å². The molecule has 0 aliphatic carbocycles. The van der Waals surface area contributed by atoms with Crippen LogP contribution < -0.4 is 5.32 Å². The fourth-order valence-electron chi connectivity index (χ4n) is 3.10. The Balaban J connectivity index is 2.12. The molecule has 0 amide bonds. The maximum absolute atomic E-state index is 13.3. The van der Waals surface area contributed by atoms with Crippen LogP contribution in [0.2, 0.25) is 0 Å². The van der Waals surface area contributed by atoms with Crippen LogP contribution in [0.4, 0.5) is 4.39 Å². The molecule has 1 aliphatic heterocycles. The van der Waals surface area contributed by atoms with Gasteiger partial charge in [-0.3, -0.25) is 0 Å². The van der Waals surface area contributed by atoms with E-state index in [0.29, 0.717) is 0 Å². The van der Waals surface area contributed by atoms with E-state index >= 15 is 0 Å². The second kappa shape index (κ2) is 4.30. The Morgan fingerprint density at radius 3 is 2.95 bits per heavy atom. The highest BCUT2D eigenvalue weighted by Gasteiger charge is 2.36. The number of hydrogen-bond donors (Lipinski definition) is 1. The second-order valence-corrected chi connectivity index (χ2v) is 6.14. The number of halogens is 1. The molecule has 2 heterocycles. The molecule has 2 aromatic rings. The third-order valence-electron chi connectivity index (χ3n) is 4.26. The van der Waals surface area contributed by atoms with Crippen molar-refractivity contribution in [3.05, 3.63) is 29.8 Å². The molecule has 1 saturated heterocycles. The van der Waals surface area contributed by atoms with Crippen LogP contribution in [-0.4, -0.2) is 16.1 Å². The van der Waals surface area contributed by atoms with Crippen molar-refractivity contribution in [2.75, 3.05) is 6.54 Å². The summed E-state index contributed by atoms with van der Waals surface area (Å²) < 4.78 is 15.4. The van der Waals surface area contributed by atoms with Crippen LogP contribution in [0.5, 0.6) is 0 Å². The SMILES string of the molecule is Cn1c(C2NCCCC2(C)C)nc2cc(F)ccc21. The van der Waals surface area contributed by atoms with Gasteiger partial charge in [-0.15, -0.1) is 0 Å². The number of benzene rings is 1. The van der Waals surface area contributed by atoms with Gasteiger partial charge in [0.05, 0.1) is 17.1 Å². The lowest BCUT2D eigenvalue weighted by atomic mass is 9.77. The number of piperidine rings is 1. The van der Waals surface area contributed by atoms with Crippen molar-refractivity contribution >= 4 is 11.0 Å². The predicted molar refractivity (Wildman–Crippen MR) is 74.4 cm³/mol. The number of hydrogen-bond acceptors (Lipinski definition) is 2. The summed E-state index contributed by atoms with van der Waals surface area (Å²) in [7, 11) is 2.01. The van der Waals surface area contributed by atoms with Gasteiger partial charge in [0.1, 0.15) is 11.6 Å². The van der Waals surface area contributed by atoms with Gasteiger partial charge in [-0.05, 0) is 36.9 Å². The molecule has 1 aliphatic rings. The molecule has 0 radical (unpaired) electrons. The molecule has 1 aromatic carbocycles. The summed E-state index contributed by atoms with van der Waals surface area (Å²) in [5, 5.41) is 3.56. The average Bonchev–Trinajstić information content (AvgIpc) is 2.65. The van der Waals surface area contributed by atoms with E-state index in [9.17, 15) is 4.39 Å². The van der Waals surface area contributed by atoms with Gasteiger partial charge in [0, 0.05) is 13.1 Å². The summed E-state index contributed by atoms with van der Waals surface area (Å²) in [6.07, 6.45) is 2.38. The standard InChI is InChI=1S/C15H20FN3/c1-15(2)7-4-8-17-13(15)14-18-11-9-10(16)5-6-12(11)19(14)3/h5-6,9,13,17H,4,7-8H2,1-3H3. The molecule has 102 valence electrons. The third kappa shape index (κ3) is 2.04. The lowest BCUT2D eigenvalue weighted by Crippen LogP contribution is -2.41. The molecular weight excluding hydrogens is 241 g/mol. The first-order valence-corrected chi connectivity index (χ1v) is 6.84. The van der Waals surface area contributed by atoms with Crippen molar-refractivity contribution < 1.29 is 4.39 Å². The van der Waals surface area contributed by atoms with E-state index in [1.807, 2.05) is 7.05 Å². The molecule has 1 atom stereocenters. The molecule has 0 spiro atoms. The molecule has 3 nitrogen and oxygen atoms in total. The third-order valence-corrected chi connectivity index (χ3v) is 4.26. The summed E-state index contributed by atoms with van der Waals surface area (Å²) in [4.78, 5) is 4.65. The quantitative estimate of drug-likeness (QED) is 0.854. The Morgan fingerprint density at radius 2 is 2.21 bits per heavy atom. The molecule has 0 bridgehead atoms. The zero-order valence-electron chi connectivity index (χ0n) is 11.7.